The number of nitrogens with one attached hydrogen (secondary N) is 2. The highest BCUT2D eigenvalue weighted by atomic mass is 32.1. The van der Waals surface area contributed by atoms with Crippen LogP contribution in [-0.2, 0) is 24.1 Å². The van der Waals surface area contributed by atoms with E-state index < -0.39 is 0 Å². The lowest BCUT2D eigenvalue weighted by Crippen LogP contribution is -2.16. The Hall–Kier alpha value is -2.67. The fourth-order valence-corrected chi connectivity index (χ4v) is 4.47. The number of H-pyrrole nitrogens is 1. The van der Waals surface area contributed by atoms with Crippen LogP contribution < -0.4 is 10.9 Å². The highest BCUT2D eigenvalue weighted by Crippen LogP contribution is 2.34. The summed E-state index contributed by atoms with van der Waals surface area (Å²) in [5, 5.41) is 13.1. The van der Waals surface area contributed by atoms with Gasteiger partial charge in [0, 0.05) is 17.7 Å². The molecule has 0 atom stereocenters. The van der Waals surface area contributed by atoms with Crippen molar-refractivity contribution in [2.75, 3.05) is 5.32 Å². The number of phenols is 1. The largest absolute Gasteiger partial charge is 0.506 e. The Morgan fingerprint density at radius 1 is 1.32 bits per heavy atom. The molecule has 0 saturated heterocycles. The SMILES string of the molecule is O=C(CCc1nc2sc3c(c2c(=O)[nH]1)CCC3)Nc1ccccc1O. The maximum Gasteiger partial charge on any atom is 0.259 e. The number of hydrogen-bond donors (Lipinski definition) is 3. The number of aromatic hydroxyl groups is 1. The normalized spacial score (nSPS) is 13.1. The molecule has 1 aliphatic carbocycles. The quantitative estimate of drug-likeness (QED) is 0.627. The lowest BCUT2D eigenvalue weighted by Gasteiger charge is -2.06. The van der Waals surface area contributed by atoms with Crippen molar-refractivity contribution >= 4 is 33.1 Å². The molecular weight excluding hydrogens is 338 g/mol. The van der Waals surface area contributed by atoms with Crippen molar-refractivity contribution in [3.8, 4) is 5.75 Å². The Labute approximate surface area is 147 Å². The molecule has 6 nitrogen and oxygen atoms in total. The van der Waals surface area contributed by atoms with E-state index >= 15 is 0 Å². The Balaban J connectivity index is 1.49. The van der Waals surface area contributed by atoms with E-state index in [1.807, 2.05) is 0 Å². The second-order valence-corrected chi connectivity index (χ2v) is 7.20. The number of carbonyl (C=O) groups is 1. The van der Waals surface area contributed by atoms with Crippen LogP contribution in [0.15, 0.2) is 29.1 Å². The number of aromatic nitrogens is 2. The topological polar surface area (TPSA) is 95.1 Å². The van der Waals surface area contributed by atoms with Crippen molar-refractivity contribution in [3.63, 3.8) is 0 Å². The number of phenolic OH excluding ortho intramolecular Hbond substituents is 1. The number of hydrogen-bond acceptors (Lipinski definition) is 5. The van der Waals surface area contributed by atoms with Crippen LogP contribution in [0.1, 0.15) is 29.1 Å². The van der Waals surface area contributed by atoms with Crippen LogP contribution in [0, 0.1) is 0 Å². The molecule has 0 spiro atoms. The molecule has 0 aliphatic heterocycles. The van der Waals surface area contributed by atoms with E-state index in [1.54, 1.807) is 29.5 Å². The van der Waals surface area contributed by atoms with Gasteiger partial charge in [-0.25, -0.2) is 4.98 Å². The van der Waals surface area contributed by atoms with Crippen molar-refractivity contribution in [1.82, 2.24) is 9.97 Å². The van der Waals surface area contributed by atoms with Gasteiger partial charge in [-0.3, -0.25) is 9.59 Å². The summed E-state index contributed by atoms with van der Waals surface area (Å²) in [6, 6.07) is 6.57. The Bertz CT molecular complexity index is 1020. The zero-order chi connectivity index (χ0) is 17.4. The van der Waals surface area contributed by atoms with Crippen LogP contribution in [0.2, 0.25) is 0 Å². The number of carbonyl (C=O) groups excluding carboxylic acids is 1. The number of aryl methyl sites for hydroxylation is 3. The van der Waals surface area contributed by atoms with Crippen molar-refractivity contribution < 1.29 is 9.90 Å². The third kappa shape index (κ3) is 3.02. The van der Waals surface area contributed by atoms with Crippen LogP contribution in [0.5, 0.6) is 5.75 Å². The second kappa shape index (κ2) is 6.33. The number of thiophene rings is 1. The van der Waals surface area contributed by atoms with E-state index in [9.17, 15) is 14.7 Å². The minimum Gasteiger partial charge on any atom is -0.506 e. The minimum atomic E-state index is -0.238. The summed E-state index contributed by atoms with van der Waals surface area (Å²) in [7, 11) is 0. The first kappa shape index (κ1) is 15.8. The minimum absolute atomic E-state index is 0.0249. The van der Waals surface area contributed by atoms with Gasteiger partial charge in [0.15, 0.2) is 0 Å². The summed E-state index contributed by atoms with van der Waals surface area (Å²) >= 11 is 1.59. The molecule has 128 valence electrons. The average molecular weight is 355 g/mol. The van der Waals surface area contributed by atoms with Crippen molar-refractivity contribution in [1.29, 1.82) is 0 Å². The van der Waals surface area contributed by atoms with Crippen molar-refractivity contribution in [3.05, 3.63) is 50.9 Å². The van der Waals surface area contributed by atoms with Crippen LogP contribution in [-0.4, -0.2) is 21.0 Å². The Morgan fingerprint density at radius 2 is 2.16 bits per heavy atom. The number of benzene rings is 1. The molecule has 1 aromatic carbocycles. The molecule has 1 amide bonds. The lowest BCUT2D eigenvalue weighted by atomic mass is 10.2. The Kier molecular flexibility index (Phi) is 4.01. The predicted octanol–water partition coefficient (Wildman–Crippen LogP) is 2.75. The zero-order valence-corrected chi connectivity index (χ0v) is 14.3. The highest BCUT2D eigenvalue weighted by Gasteiger charge is 2.21. The zero-order valence-electron chi connectivity index (χ0n) is 13.5. The molecule has 4 rings (SSSR count). The third-order valence-corrected chi connectivity index (χ3v) is 5.58. The summed E-state index contributed by atoms with van der Waals surface area (Å²) in [6.45, 7) is 0. The van der Waals surface area contributed by atoms with Gasteiger partial charge in [0.2, 0.25) is 5.91 Å². The maximum absolute atomic E-state index is 12.4. The maximum atomic E-state index is 12.4. The molecule has 3 N–H and O–H groups in total. The van der Waals surface area contributed by atoms with Crippen LogP contribution in [0.25, 0.3) is 10.2 Å². The number of aromatic amines is 1. The number of rotatable bonds is 4. The molecule has 7 heteroatoms. The van der Waals surface area contributed by atoms with Gasteiger partial charge in [0.1, 0.15) is 16.4 Å². The van der Waals surface area contributed by atoms with Gasteiger partial charge in [-0.05, 0) is 37.0 Å². The van der Waals surface area contributed by atoms with E-state index in [4.69, 9.17) is 0 Å². The van der Waals surface area contributed by atoms with Crippen molar-refractivity contribution in [2.45, 2.75) is 32.1 Å². The summed E-state index contributed by atoms with van der Waals surface area (Å²) < 4.78 is 0. The van der Waals surface area contributed by atoms with Crippen molar-refractivity contribution in [2.24, 2.45) is 0 Å². The molecule has 0 radical (unpaired) electrons. The number of amides is 1. The third-order valence-electron chi connectivity index (χ3n) is 4.39. The summed E-state index contributed by atoms with van der Waals surface area (Å²) in [4.78, 5) is 33.8. The van der Waals surface area contributed by atoms with Gasteiger partial charge in [-0.15, -0.1) is 11.3 Å². The summed E-state index contributed by atoms with van der Waals surface area (Å²) in [5.41, 5.74) is 1.41. The van der Waals surface area contributed by atoms with Gasteiger partial charge >= 0.3 is 0 Å². The number of para-hydroxylation sites is 2. The summed E-state index contributed by atoms with van der Waals surface area (Å²) in [5.74, 6) is 0.305. The van der Waals surface area contributed by atoms with E-state index in [-0.39, 0.29) is 23.6 Å². The van der Waals surface area contributed by atoms with Gasteiger partial charge in [-0.2, -0.15) is 0 Å². The average Bonchev–Trinajstić information content (AvgIpc) is 3.15. The van der Waals surface area contributed by atoms with E-state index in [1.165, 1.54) is 10.9 Å². The number of anilines is 1. The van der Waals surface area contributed by atoms with E-state index in [0.29, 0.717) is 17.9 Å². The first-order chi connectivity index (χ1) is 12.1. The van der Waals surface area contributed by atoms with Crippen LogP contribution in [0.3, 0.4) is 0 Å². The van der Waals surface area contributed by atoms with Crippen LogP contribution in [0.4, 0.5) is 5.69 Å². The van der Waals surface area contributed by atoms with Gasteiger partial charge in [-0.1, -0.05) is 12.1 Å². The van der Waals surface area contributed by atoms with E-state index in [2.05, 4.69) is 15.3 Å². The number of nitrogens with zero attached hydrogens (tertiary/aromatic N) is 1. The molecule has 0 fully saturated rings. The van der Waals surface area contributed by atoms with E-state index in [0.717, 1.165) is 35.0 Å². The fourth-order valence-electron chi connectivity index (χ4n) is 3.19. The molecule has 0 unspecified atom stereocenters. The molecule has 2 heterocycles. The molecular formula is C18H17N3O3S. The second-order valence-electron chi connectivity index (χ2n) is 6.12. The predicted molar refractivity (Wildman–Crippen MR) is 97.3 cm³/mol. The summed E-state index contributed by atoms with van der Waals surface area (Å²) in [6.07, 6.45) is 3.59. The molecule has 0 bridgehead atoms. The number of fused-ring (bicyclic) bond motifs is 3. The molecule has 1 aliphatic rings. The van der Waals surface area contributed by atoms with Gasteiger partial charge < -0.3 is 15.4 Å². The molecule has 3 aromatic rings. The van der Waals surface area contributed by atoms with Crippen LogP contribution >= 0.6 is 11.3 Å². The van der Waals surface area contributed by atoms with Gasteiger partial charge in [0.05, 0.1) is 11.1 Å². The first-order valence-electron chi connectivity index (χ1n) is 8.23. The monoisotopic (exact) mass is 355 g/mol. The standard InChI is InChI=1S/C18H17N3O3S/c22-12-6-2-1-5-11(12)19-15(23)9-8-14-20-17(24)16-10-4-3-7-13(10)25-18(16)21-14/h1-2,5-6,22H,3-4,7-9H2,(H,19,23)(H,20,21,24). The highest BCUT2D eigenvalue weighted by molar-refractivity contribution is 7.18. The lowest BCUT2D eigenvalue weighted by molar-refractivity contribution is -0.116. The first-order valence-corrected chi connectivity index (χ1v) is 9.05. The molecule has 25 heavy (non-hydrogen) atoms. The molecule has 0 saturated carbocycles. The molecule has 2 aromatic heterocycles. The fraction of sp³-hybridized carbons (Fsp3) is 0.278. The smallest absolute Gasteiger partial charge is 0.259 e. The Morgan fingerprint density at radius 3 is 3.00 bits per heavy atom. The van der Waals surface area contributed by atoms with Gasteiger partial charge in [0.25, 0.3) is 5.56 Å².